The molecule has 18 heavy (non-hydrogen) atoms. The standard InChI is InChI=1S/C16H23NO/c1-3-5-11-18-14-9-10-15-13(12-14)7-6-8-16(15)17-4-2/h3,9-10,12,16-17H,1,4-8,11H2,2H3. The fourth-order valence-corrected chi connectivity index (χ4v) is 2.60. The first-order valence-corrected chi connectivity index (χ1v) is 6.95. The van der Waals surface area contributed by atoms with Gasteiger partial charge in [-0.25, -0.2) is 0 Å². The van der Waals surface area contributed by atoms with Crippen LogP contribution in [0.2, 0.25) is 0 Å². The summed E-state index contributed by atoms with van der Waals surface area (Å²) in [5.74, 6) is 0.993. The summed E-state index contributed by atoms with van der Waals surface area (Å²) in [7, 11) is 0. The van der Waals surface area contributed by atoms with Gasteiger partial charge in [-0.2, -0.15) is 0 Å². The molecule has 1 aliphatic rings. The molecule has 0 saturated heterocycles. The average Bonchev–Trinajstić information content (AvgIpc) is 2.39. The van der Waals surface area contributed by atoms with E-state index >= 15 is 0 Å². The lowest BCUT2D eigenvalue weighted by Gasteiger charge is -2.26. The second kappa shape index (κ2) is 6.60. The van der Waals surface area contributed by atoms with E-state index in [9.17, 15) is 0 Å². The highest BCUT2D eigenvalue weighted by atomic mass is 16.5. The Morgan fingerprint density at radius 2 is 2.39 bits per heavy atom. The molecule has 0 saturated carbocycles. The third-order valence-corrected chi connectivity index (χ3v) is 3.47. The zero-order chi connectivity index (χ0) is 12.8. The Kier molecular flexibility index (Phi) is 4.82. The van der Waals surface area contributed by atoms with Crippen molar-refractivity contribution < 1.29 is 4.74 Å². The molecule has 1 unspecified atom stereocenters. The van der Waals surface area contributed by atoms with Crippen LogP contribution in [0.4, 0.5) is 0 Å². The molecule has 2 heteroatoms. The molecule has 0 bridgehead atoms. The molecule has 0 aromatic heterocycles. The Bertz CT molecular complexity index is 400. The number of nitrogens with one attached hydrogen (secondary N) is 1. The average molecular weight is 245 g/mol. The maximum Gasteiger partial charge on any atom is 0.119 e. The van der Waals surface area contributed by atoms with Gasteiger partial charge in [0.15, 0.2) is 0 Å². The van der Waals surface area contributed by atoms with Gasteiger partial charge in [0, 0.05) is 6.04 Å². The Hall–Kier alpha value is -1.28. The van der Waals surface area contributed by atoms with E-state index in [0.717, 1.165) is 25.3 Å². The third kappa shape index (κ3) is 3.14. The van der Waals surface area contributed by atoms with E-state index < -0.39 is 0 Å². The zero-order valence-electron chi connectivity index (χ0n) is 11.2. The molecule has 0 amide bonds. The molecule has 98 valence electrons. The number of hydrogen-bond acceptors (Lipinski definition) is 2. The van der Waals surface area contributed by atoms with Crippen LogP contribution in [-0.2, 0) is 6.42 Å². The molecule has 0 heterocycles. The van der Waals surface area contributed by atoms with Gasteiger partial charge in [-0.3, -0.25) is 0 Å². The molecule has 1 aromatic carbocycles. The van der Waals surface area contributed by atoms with Crippen molar-refractivity contribution in [2.75, 3.05) is 13.2 Å². The van der Waals surface area contributed by atoms with E-state index in [1.165, 1.54) is 30.4 Å². The Balaban J connectivity index is 2.08. The minimum absolute atomic E-state index is 0.529. The van der Waals surface area contributed by atoms with Crippen LogP contribution in [0.25, 0.3) is 0 Å². The molecule has 1 atom stereocenters. The summed E-state index contributed by atoms with van der Waals surface area (Å²) >= 11 is 0. The molecule has 0 aliphatic heterocycles. The summed E-state index contributed by atoms with van der Waals surface area (Å²) in [5.41, 5.74) is 2.91. The number of hydrogen-bond donors (Lipinski definition) is 1. The van der Waals surface area contributed by atoms with Crippen LogP contribution in [0.5, 0.6) is 5.75 Å². The molecular weight excluding hydrogens is 222 g/mol. The highest BCUT2D eigenvalue weighted by Gasteiger charge is 2.19. The van der Waals surface area contributed by atoms with E-state index in [4.69, 9.17) is 4.74 Å². The highest BCUT2D eigenvalue weighted by Crippen LogP contribution is 2.32. The van der Waals surface area contributed by atoms with Gasteiger partial charge in [-0.1, -0.05) is 19.1 Å². The second-order valence-electron chi connectivity index (χ2n) is 4.79. The van der Waals surface area contributed by atoms with E-state index in [1.807, 2.05) is 6.08 Å². The van der Waals surface area contributed by atoms with Gasteiger partial charge in [-0.05, 0) is 55.5 Å². The van der Waals surface area contributed by atoms with Crippen LogP contribution in [0.3, 0.4) is 0 Å². The number of benzene rings is 1. The first kappa shape index (κ1) is 13.2. The predicted octanol–water partition coefficient (Wildman–Crippen LogP) is 3.63. The van der Waals surface area contributed by atoms with Crippen molar-refractivity contribution in [1.82, 2.24) is 5.32 Å². The molecule has 2 rings (SSSR count). The highest BCUT2D eigenvalue weighted by molar-refractivity contribution is 5.39. The third-order valence-electron chi connectivity index (χ3n) is 3.47. The van der Waals surface area contributed by atoms with Gasteiger partial charge < -0.3 is 10.1 Å². The topological polar surface area (TPSA) is 21.3 Å². The molecule has 1 aliphatic carbocycles. The number of aryl methyl sites for hydroxylation is 1. The van der Waals surface area contributed by atoms with Crippen molar-refractivity contribution in [2.24, 2.45) is 0 Å². The maximum absolute atomic E-state index is 5.72. The molecule has 0 fully saturated rings. The van der Waals surface area contributed by atoms with Crippen molar-refractivity contribution in [3.63, 3.8) is 0 Å². The summed E-state index contributed by atoms with van der Waals surface area (Å²) in [4.78, 5) is 0. The van der Waals surface area contributed by atoms with Crippen molar-refractivity contribution in [3.8, 4) is 5.75 Å². The predicted molar refractivity (Wildman–Crippen MR) is 76.1 cm³/mol. The summed E-state index contributed by atoms with van der Waals surface area (Å²) in [5, 5.41) is 3.56. The number of ether oxygens (including phenoxy) is 1. The van der Waals surface area contributed by atoms with Crippen molar-refractivity contribution in [3.05, 3.63) is 42.0 Å². The zero-order valence-corrected chi connectivity index (χ0v) is 11.2. The van der Waals surface area contributed by atoms with Crippen LogP contribution >= 0.6 is 0 Å². The van der Waals surface area contributed by atoms with E-state index in [2.05, 4.69) is 37.0 Å². The van der Waals surface area contributed by atoms with Gasteiger partial charge in [-0.15, -0.1) is 6.58 Å². The van der Waals surface area contributed by atoms with E-state index in [1.54, 1.807) is 0 Å². The first-order chi connectivity index (χ1) is 8.85. The normalized spacial score (nSPS) is 18.2. The van der Waals surface area contributed by atoms with Gasteiger partial charge in [0.2, 0.25) is 0 Å². The minimum atomic E-state index is 0.529. The fraction of sp³-hybridized carbons (Fsp3) is 0.500. The Morgan fingerprint density at radius 1 is 1.50 bits per heavy atom. The lowest BCUT2D eigenvalue weighted by atomic mass is 9.87. The minimum Gasteiger partial charge on any atom is -0.493 e. The van der Waals surface area contributed by atoms with Crippen LogP contribution < -0.4 is 10.1 Å². The van der Waals surface area contributed by atoms with Crippen LogP contribution in [0.15, 0.2) is 30.9 Å². The van der Waals surface area contributed by atoms with Crippen LogP contribution in [-0.4, -0.2) is 13.2 Å². The second-order valence-corrected chi connectivity index (χ2v) is 4.79. The number of rotatable bonds is 6. The number of fused-ring (bicyclic) bond motifs is 1. The molecule has 2 nitrogen and oxygen atoms in total. The summed E-state index contributed by atoms with van der Waals surface area (Å²) < 4.78 is 5.72. The molecule has 0 spiro atoms. The van der Waals surface area contributed by atoms with Crippen molar-refractivity contribution in [2.45, 2.75) is 38.6 Å². The molecule has 1 N–H and O–H groups in total. The van der Waals surface area contributed by atoms with Gasteiger partial charge in [0.1, 0.15) is 5.75 Å². The van der Waals surface area contributed by atoms with Gasteiger partial charge >= 0.3 is 0 Å². The maximum atomic E-state index is 5.72. The quantitative estimate of drug-likeness (QED) is 0.610. The Morgan fingerprint density at radius 3 is 3.17 bits per heavy atom. The SMILES string of the molecule is C=CCCOc1ccc2c(c1)CCCC2NCC. The summed E-state index contributed by atoms with van der Waals surface area (Å²) in [6.45, 7) is 7.62. The molecule has 1 aromatic rings. The van der Waals surface area contributed by atoms with E-state index in [-0.39, 0.29) is 0 Å². The summed E-state index contributed by atoms with van der Waals surface area (Å²) in [6, 6.07) is 7.06. The largest absolute Gasteiger partial charge is 0.493 e. The monoisotopic (exact) mass is 245 g/mol. The van der Waals surface area contributed by atoms with Crippen LogP contribution in [0.1, 0.15) is 43.4 Å². The lowest BCUT2D eigenvalue weighted by molar-refractivity contribution is 0.324. The smallest absolute Gasteiger partial charge is 0.119 e. The summed E-state index contributed by atoms with van der Waals surface area (Å²) in [6.07, 6.45) is 6.48. The lowest BCUT2D eigenvalue weighted by Crippen LogP contribution is -2.24. The van der Waals surface area contributed by atoms with Crippen molar-refractivity contribution >= 4 is 0 Å². The first-order valence-electron chi connectivity index (χ1n) is 6.95. The fourth-order valence-electron chi connectivity index (χ4n) is 2.60. The van der Waals surface area contributed by atoms with Gasteiger partial charge in [0.25, 0.3) is 0 Å². The van der Waals surface area contributed by atoms with Crippen molar-refractivity contribution in [1.29, 1.82) is 0 Å². The van der Waals surface area contributed by atoms with E-state index in [0.29, 0.717) is 6.04 Å². The van der Waals surface area contributed by atoms with Gasteiger partial charge in [0.05, 0.1) is 6.61 Å². The molecular formula is C16H23NO. The van der Waals surface area contributed by atoms with Crippen LogP contribution in [0, 0.1) is 0 Å². The molecule has 0 radical (unpaired) electrons. The Labute approximate surface area is 110 Å².